The van der Waals surface area contributed by atoms with E-state index in [1.807, 2.05) is 18.8 Å². The number of carbonyl (C=O) groups is 1. The number of hydrogen-bond donors (Lipinski definition) is 4. The Labute approximate surface area is 137 Å². The minimum atomic E-state index is -4.64. The van der Waals surface area contributed by atoms with E-state index in [1.165, 1.54) is 0 Å². The normalized spacial score (nSPS) is 13.7. The van der Waals surface area contributed by atoms with Crippen molar-refractivity contribution in [2.24, 2.45) is 11.3 Å². The second-order valence-electron chi connectivity index (χ2n) is 6.61. The number of hydrogen-bond acceptors (Lipinski definition) is 3. The maximum Gasteiger partial charge on any atom is 0.417 e. The molecule has 0 aliphatic heterocycles. The number of aliphatic hydroxyl groups excluding tert-OH is 1. The number of anilines is 1. The summed E-state index contributed by atoms with van der Waals surface area (Å²) in [4.78, 5) is 25.3. The van der Waals surface area contributed by atoms with Gasteiger partial charge in [-0.3, -0.25) is 4.79 Å². The fourth-order valence-electron chi connectivity index (χ4n) is 2.22. The first-order chi connectivity index (χ1) is 10.8. The Hall–Kier alpha value is -2.03. The van der Waals surface area contributed by atoms with Gasteiger partial charge in [0.1, 0.15) is 5.69 Å². The van der Waals surface area contributed by atoms with Crippen molar-refractivity contribution in [3.8, 4) is 0 Å². The number of nitrogens with one attached hydrogen (secondary N) is 3. The number of amides is 2. The number of rotatable bonds is 5. The summed E-state index contributed by atoms with van der Waals surface area (Å²) in [5, 5.41) is 14.6. The van der Waals surface area contributed by atoms with E-state index in [2.05, 4.69) is 10.6 Å². The Morgan fingerprint density at radius 3 is 2.42 bits per heavy atom. The average Bonchev–Trinajstić information content (AvgIpc) is 2.45. The number of pyridine rings is 1. The van der Waals surface area contributed by atoms with Gasteiger partial charge in [0.15, 0.2) is 0 Å². The molecule has 0 spiro atoms. The van der Waals surface area contributed by atoms with Gasteiger partial charge in [-0.15, -0.1) is 0 Å². The number of H-pyrrole nitrogens is 1. The third-order valence-electron chi connectivity index (χ3n) is 3.62. The smallest absolute Gasteiger partial charge is 0.392 e. The molecule has 0 fully saturated rings. The molecule has 4 N–H and O–H groups in total. The van der Waals surface area contributed by atoms with Crippen LogP contribution < -0.4 is 16.2 Å². The van der Waals surface area contributed by atoms with Gasteiger partial charge >= 0.3 is 12.2 Å². The quantitative estimate of drug-likeness (QED) is 0.658. The van der Waals surface area contributed by atoms with Crippen molar-refractivity contribution in [1.29, 1.82) is 0 Å². The molecule has 1 heterocycles. The summed E-state index contributed by atoms with van der Waals surface area (Å²) in [5.41, 5.74) is -3.08. The lowest BCUT2D eigenvalue weighted by atomic mass is 9.81. The van der Waals surface area contributed by atoms with Crippen molar-refractivity contribution in [3.63, 3.8) is 0 Å². The number of aromatic nitrogens is 1. The number of aromatic amines is 1. The lowest BCUT2D eigenvalue weighted by Gasteiger charge is -2.33. The molecule has 1 atom stereocenters. The summed E-state index contributed by atoms with van der Waals surface area (Å²) < 4.78 is 37.9. The van der Waals surface area contributed by atoms with E-state index in [4.69, 9.17) is 0 Å². The van der Waals surface area contributed by atoms with Crippen LogP contribution in [0.3, 0.4) is 0 Å². The molecule has 0 aliphatic carbocycles. The second-order valence-corrected chi connectivity index (χ2v) is 6.61. The van der Waals surface area contributed by atoms with Crippen LogP contribution in [0.15, 0.2) is 17.1 Å². The van der Waals surface area contributed by atoms with Gasteiger partial charge in [-0.1, -0.05) is 27.7 Å². The number of alkyl halides is 3. The Morgan fingerprint density at radius 1 is 1.33 bits per heavy atom. The average molecular weight is 349 g/mol. The standard InChI is InChI=1S/C15H22F3N3O3/c1-8(2)11(22)14(3,4)7-20-13(24)21-10-5-9(15(16,17)18)6-19-12(10)23/h5-6,8,11,22H,7H2,1-4H3,(H,19,23)(H2,20,21,24). The van der Waals surface area contributed by atoms with Crippen LogP contribution in [-0.4, -0.2) is 28.8 Å². The molecule has 1 rings (SSSR count). The zero-order chi connectivity index (χ0) is 18.7. The number of urea groups is 1. The maximum absolute atomic E-state index is 12.6. The lowest BCUT2D eigenvalue weighted by Crippen LogP contribution is -2.45. The number of carbonyl (C=O) groups excluding carboxylic acids is 1. The molecule has 2 amide bonds. The highest BCUT2D eigenvalue weighted by Gasteiger charge is 2.32. The largest absolute Gasteiger partial charge is 0.417 e. The summed E-state index contributed by atoms with van der Waals surface area (Å²) in [6.07, 6.45) is -4.79. The third-order valence-corrected chi connectivity index (χ3v) is 3.62. The van der Waals surface area contributed by atoms with Crippen LogP contribution in [0.25, 0.3) is 0 Å². The minimum absolute atomic E-state index is 0.0313. The topological polar surface area (TPSA) is 94.2 Å². The molecule has 1 aromatic rings. The van der Waals surface area contributed by atoms with Crippen molar-refractivity contribution in [2.75, 3.05) is 11.9 Å². The highest BCUT2D eigenvalue weighted by Crippen LogP contribution is 2.29. The third kappa shape index (κ3) is 5.26. The van der Waals surface area contributed by atoms with Gasteiger partial charge in [0, 0.05) is 18.2 Å². The van der Waals surface area contributed by atoms with Crippen LogP contribution in [0.5, 0.6) is 0 Å². The SMILES string of the molecule is CC(C)C(O)C(C)(C)CNC(=O)Nc1cc(C(F)(F)F)c[nH]c1=O. The zero-order valence-corrected chi connectivity index (χ0v) is 13.9. The fourth-order valence-corrected chi connectivity index (χ4v) is 2.22. The molecular weight excluding hydrogens is 327 g/mol. The van der Waals surface area contributed by atoms with E-state index in [1.54, 1.807) is 13.8 Å². The van der Waals surface area contributed by atoms with Crippen molar-refractivity contribution >= 4 is 11.7 Å². The van der Waals surface area contributed by atoms with Crippen molar-refractivity contribution in [3.05, 3.63) is 28.2 Å². The monoisotopic (exact) mass is 349 g/mol. The molecule has 24 heavy (non-hydrogen) atoms. The Morgan fingerprint density at radius 2 is 1.92 bits per heavy atom. The zero-order valence-electron chi connectivity index (χ0n) is 13.9. The first-order valence-electron chi connectivity index (χ1n) is 7.37. The van der Waals surface area contributed by atoms with Crippen LogP contribution >= 0.6 is 0 Å². The molecule has 6 nitrogen and oxygen atoms in total. The molecule has 1 unspecified atom stereocenters. The molecule has 0 bridgehead atoms. The molecule has 136 valence electrons. The van der Waals surface area contributed by atoms with E-state index in [9.17, 15) is 27.9 Å². The molecule has 0 radical (unpaired) electrons. The predicted octanol–water partition coefficient (Wildman–Crippen LogP) is 2.56. The molecule has 0 aromatic carbocycles. The highest BCUT2D eigenvalue weighted by atomic mass is 19.4. The van der Waals surface area contributed by atoms with Gasteiger partial charge in [-0.05, 0) is 12.0 Å². The van der Waals surface area contributed by atoms with Crippen molar-refractivity contribution in [1.82, 2.24) is 10.3 Å². The van der Waals surface area contributed by atoms with Crippen LogP contribution in [-0.2, 0) is 6.18 Å². The van der Waals surface area contributed by atoms with E-state index in [0.29, 0.717) is 12.3 Å². The molecule has 0 aliphatic rings. The van der Waals surface area contributed by atoms with Gasteiger partial charge in [0.25, 0.3) is 5.56 Å². The lowest BCUT2D eigenvalue weighted by molar-refractivity contribution is -0.137. The van der Waals surface area contributed by atoms with Crippen molar-refractivity contribution in [2.45, 2.75) is 40.0 Å². The molecular formula is C15H22F3N3O3. The summed E-state index contributed by atoms with van der Waals surface area (Å²) >= 11 is 0. The van der Waals surface area contributed by atoms with E-state index in [-0.39, 0.29) is 12.5 Å². The van der Waals surface area contributed by atoms with Crippen LogP contribution in [0.1, 0.15) is 33.3 Å². The first-order valence-corrected chi connectivity index (χ1v) is 7.37. The van der Waals surface area contributed by atoms with Gasteiger partial charge < -0.3 is 20.7 Å². The summed E-state index contributed by atoms with van der Waals surface area (Å²) in [5.74, 6) is -0.0313. The predicted molar refractivity (Wildman–Crippen MR) is 83.7 cm³/mol. The maximum atomic E-state index is 12.6. The van der Waals surface area contributed by atoms with Crippen LogP contribution in [0.2, 0.25) is 0 Å². The minimum Gasteiger partial charge on any atom is -0.392 e. The Balaban J connectivity index is 2.77. The summed E-state index contributed by atoms with van der Waals surface area (Å²) in [6, 6.07) is -0.268. The fraction of sp³-hybridized carbons (Fsp3) is 0.600. The van der Waals surface area contributed by atoms with Gasteiger partial charge in [-0.2, -0.15) is 13.2 Å². The van der Waals surface area contributed by atoms with E-state index >= 15 is 0 Å². The summed E-state index contributed by atoms with van der Waals surface area (Å²) in [6.45, 7) is 7.22. The van der Waals surface area contributed by atoms with Crippen LogP contribution in [0, 0.1) is 11.3 Å². The Kier molecular flexibility index (Phi) is 6.04. The van der Waals surface area contributed by atoms with Crippen molar-refractivity contribution < 1.29 is 23.1 Å². The number of aliphatic hydroxyl groups is 1. The van der Waals surface area contributed by atoms with Crippen LogP contribution in [0.4, 0.5) is 23.7 Å². The van der Waals surface area contributed by atoms with E-state index in [0.717, 1.165) is 0 Å². The number of halogens is 3. The second kappa shape index (κ2) is 7.25. The first kappa shape index (κ1) is 20.0. The highest BCUT2D eigenvalue weighted by molar-refractivity contribution is 5.89. The van der Waals surface area contributed by atoms with Gasteiger partial charge in [0.2, 0.25) is 0 Å². The summed E-state index contributed by atoms with van der Waals surface area (Å²) in [7, 11) is 0. The van der Waals surface area contributed by atoms with Gasteiger partial charge in [0.05, 0.1) is 11.7 Å². The van der Waals surface area contributed by atoms with Gasteiger partial charge in [-0.25, -0.2) is 4.79 Å². The molecule has 1 aromatic heterocycles. The Bertz CT molecular complexity index is 639. The molecule has 0 saturated carbocycles. The molecule has 9 heteroatoms. The molecule has 0 saturated heterocycles. The van der Waals surface area contributed by atoms with E-state index < -0.39 is 40.5 Å².